The number of rotatable bonds is 4. The van der Waals surface area contributed by atoms with Crippen LogP contribution in [-0.2, 0) is 21.4 Å². The number of carbonyl (C=O) groups is 1. The molecule has 5 nitrogen and oxygen atoms in total. The summed E-state index contributed by atoms with van der Waals surface area (Å²) in [6, 6.07) is 6.10. The van der Waals surface area contributed by atoms with E-state index in [1.807, 2.05) is 12.2 Å². The number of nitrogens with one attached hydrogen (secondary N) is 1. The maximum atomic E-state index is 11.7. The van der Waals surface area contributed by atoms with Crippen LogP contribution in [0, 0.1) is 5.92 Å². The van der Waals surface area contributed by atoms with E-state index in [9.17, 15) is 13.2 Å². The predicted octanol–water partition coefficient (Wildman–Crippen LogP) is 0.692. The smallest absolute Gasteiger partial charge is 0.238 e. The van der Waals surface area contributed by atoms with Gasteiger partial charge >= 0.3 is 0 Å². The normalized spacial score (nSPS) is 14.8. The van der Waals surface area contributed by atoms with Gasteiger partial charge in [0.1, 0.15) is 0 Å². The summed E-state index contributed by atoms with van der Waals surface area (Å²) in [4.78, 5) is 11.8. The zero-order chi connectivity index (χ0) is 13.9. The van der Waals surface area contributed by atoms with E-state index in [4.69, 9.17) is 5.14 Å². The van der Waals surface area contributed by atoms with E-state index < -0.39 is 10.0 Å². The summed E-state index contributed by atoms with van der Waals surface area (Å²) in [5.41, 5.74) is 0.812. The van der Waals surface area contributed by atoms with Crippen molar-refractivity contribution in [3.8, 4) is 0 Å². The zero-order valence-electron chi connectivity index (χ0n) is 10.1. The third kappa shape index (κ3) is 3.52. The standard InChI is InChI=1S/C13H14N2O3S/c14-19(17,18)12-7-5-10(6-8-12)9-15-13(16)11-3-1-2-4-11/h1-8,11H,9H2,(H,15,16)(H2,14,17,18). The second-order valence-corrected chi connectivity index (χ2v) is 5.76. The molecule has 0 unspecified atom stereocenters. The molecule has 0 saturated heterocycles. The lowest BCUT2D eigenvalue weighted by Crippen LogP contribution is -2.27. The fourth-order valence-corrected chi connectivity index (χ4v) is 2.23. The van der Waals surface area contributed by atoms with Crippen molar-refractivity contribution in [3.05, 3.63) is 54.1 Å². The van der Waals surface area contributed by atoms with Crippen molar-refractivity contribution in [1.82, 2.24) is 5.32 Å². The maximum Gasteiger partial charge on any atom is 0.238 e. The van der Waals surface area contributed by atoms with Gasteiger partial charge in [0.2, 0.25) is 15.9 Å². The van der Waals surface area contributed by atoms with E-state index in [2.05, 4.69) is 5.32 Å². The average Bonchev–Trinajstić information content (AvgIpc) is 2.89. The van der Waals surface area contributed by atoms with Crippen molar-refractivity contribution in [2.45, 2.75) is 11.4 Å². The van der Waals surface area contributed by atoms with Crippen LogP contribution in [-0.4, -0.2) is 14.3 Å². The summed E-state index contributed by atoms with van der Waals surface area (Å²) in [7, 11) is -3.67. The molecular formula is C13H14N2O3S. The zero-order valence-corrected chi connectivity index (χ0v) is 10.9. The van der Waals surface area contributed by atoms with Crippen LogP contribution in [0.15, 0.2) is 53.5 Å². The van der Waals surface area contributed by atoms with Gasteiger partial charge in [0.25, 0.3) is 0 Å². The Bertz CT molecular complexity index is 618. The molecule has 2 rings (SSSR count). The first-order chi connectivity index (χ1) is 8.97. The van der Waals surface area contributed by atoms with E-state index in [1.54, 1.807) is 24.3 Å². The van der Waals surface area contributed by atoms with Gasteiger partial charge < -0.3 is 5.32 Å². The molecule has 0 heterocycles. The van der Waals surface area contributed by atoms with Crippen LogP contribution in [0.3, 0.4) is 0 Å². The molecule has 0 saturated carbocycles. The van der Waals surface area contributed by atoms with Gasteiger partial charge in [0.05, 0.1) is 10.8 Å². The van der Waals surface area contributed by atoms with Crippen molar-refractivity contribution in [1.29, 1.82) is 0 Å². The lowest BCUT2D eigenvalue weighted by molar-refractivity contribution is -0.122. The first-order valence-corrected chi connectivity index (χ1v) is 7.26. The second kappa shape index (κ2) is 5.38. The molecular weight excluding hydrogens is 264 g/mol. The Balaban J connectivity index is 1.95. The van der Waals surface area contributed by atoms with Crippen LogP contribution < -0.4 is 10.5 Å². The number of hydrogen-bond donors (Lipinski definition) is 2. The minimum Gasteiger partial charge on any atom is -0.351 e. The molecule has 19 heavy (non-hydrogen) atoms. The number of amides is 1. The van der Waals surface area contributed by atoms with Crippen LogP contribution in [0.5, 0.6) is 0 Å². The average molecular weight is 278 g/mol. The van der Waals surface area contributed by atoms with Crippen LogP contribution in [0.4, 0.5) is 0 Å². The van der Waals surface area contributed by atoms with Gasteiger partial charge in [0, 0.05) is 6.54 Å². The molecule has 1 aromatic carbocycles. The number of benzene rings is 1. The molecule has 100 valence electrons. The Morgan fingerprint density at radius 2 is 1.74 bits per heavy atom. The molecule has 0 atom stereocenters. The summed E-state index contributed by atoms with van der Waals surface area (Å²) in [6.45, 7) is 0.349. The molecule has 0 radical (unpaired) electrons. The lowest BCUT2D eigenvalue weighted by Gasteiger charge is -2.08. The number of carbonyl (C=O) groups excluding carboxylic acids is 1. The summed E-state index contributed by atoms with van der Waals surface area (Å²) in [5.74, 6) is -0.302. The molecule has 1 aromatic rings. The molecule has 1 aliphatic rings. The van der Waals surface area contributed by atoms with E-state index in [0.29, 0.717) is 6.54 Å². The number of allylic oxidation sites excluding steroid dienone is 2. The number of primary sulfonamides is 1. The highest BCUT2D eigenvalue weighted by Crippen LogP contribution is 2.11. The van der Waals surface area contributed by atoms with Crippen LogP contribution in [0.25, 0.3) is 0 Å². The fraction of sp³-hybridized carbons (Fsp3) is 0.154. The van der Waals surface area contributed by atoms with Gasteiger partial charge in [-0.05, 0) is 17.7 Å². The molecule has 0 spiro atoms. The SMILES string of the molecule is NS(=O)(=O)c1ccc(CNC(=O)C2C=CC=C2)cc1. The Labute approximate surface area is 111 Å². The van der Waals surface area contributed by atoms with Crippen molar-refractivity contribution in [3.63, 3.8) is 0 Å². The Kier molecular flexibility index (Phi) is 3.82. The van der Waals surface area contributed by atoms with Crippen LogP contribution >= 0.6 is 0 Å². The van der Waals surface area contributed by atoms with Crippen LogP contribution in [0.2, 0.25) is 0 Å². The summed E-state index contributed by atoms with van der Waals surface area (Å²) < 4.78 is 22.2. The minimum absolute atomic E-state index is 0.0595. The number of nitrogens with two attached hydrogens (primary N) is 1. The predicted molar refractivity (Wildman–Crippen MR) is 71.4 cm³/mol. The van der Waals surface area contributed by atoms with Crippen LogP contribution in [0.1, 0.15) is 5.56 Å². The minimum atomic E-state index is -3.67. The summed E-state index contributed by atoms with van der Waals surface area (Å²) >= 11 is 0. The molecule has 1 aliphatic carbocycles. The van der Waals surface area contributed by atoms with Gasteiger partial charge in [-0.2, -0.15) is 0 Å². The second-order valence-electron chi connectivity index (χ2n) is 4.20. The Morgan fingerprint density at radius 3 is 2.26 bits per heavy atom. The lowest BCUT2D eigenvalue weighted by atomic mass is 10.1. The molecule has 6 heteroatoms. The Hall–Kier alpha value is -1.92. The number of hydrogen-bond acceptors (Lipinski definition) is 3. The van der Waals surface area contributed by atoms with E-state index >= 15 is 0 Å². The molecule has 3 N–H and O–H groups in total. The summed E-state index contributed by atoms with van der Waals surface area (Å²) in [6.07, 6.45) is 7.26. The van der Waals surface area contributed by atoms with E-state index in [0.717, 1.165) is 5.56 Å². The molecule has 0 aliphatic heterocycles. The first kappa shape index (κ1) is 13.5. The quantitative estimate of drug-likeness (QED) is 0.849. The van der Waals surface area contributed by atoms with Gasteiger partial charge in [0.15, 0.2) is 0 Å². The van der Waals surface area contributed by atoms with Gasteiger partial charge in [-0.15, -0.1) is 0 Å². The molecule has 0 bridgehead atoms. The van der Waals surface area contributed by atoms with E-state index in [1.165, 1.54) is 12.1 Å². The van der Waals surface area contributed by atoms with Crippen molar-refractivity contribution in [2.24, 2.45) is 11.1 Å². The highest BCUT2D eigenvalue weighted by molar-refractivity contribution is 7.89. The van der Waals surface area contributed by atoms with Gasteiger partial charge in [-0.25, -0.2) is 13.6 Å². The molecule has 1 amide bonds. The fourth-order valence-electron chi connectivity index (χ4n) is 1.71. The molecule has 0 aromatic heterocycles. The third-order valence-corrected chi connectivity index (χ3v) is 3.70. The monoisotopic (exact) mass is 278 g/mol. The summed E-state index contributed by atoms with van der Waals surface area (Å²) in [5, 5.41) is 7.78. The first-order valence-electron chi connectivity index (χ1n) is 5.71. The highest BCUT2D eigenvalue weighted by atomic mass is 32.2. The van der Waals surface area contributed by atoms with Crippen molar-refractivity contribution in [2.75, 3.05) is 0 Å². The van der Waals surface area contributed by atoms with Gasteiger partial charge in [-0.1, -0.05) is 36.4 Å². The Morgan fingerprint density at radius 1 is 1.16 bits per heavy atom. The number of sulfonamides is 1. The largest absolute Gasteiger partial charge is 0.351 e. The highest BCUT2D eigenvalue weighted by Gasteiger charge is 2.13. The van der Waals surface area contributed by atoms with Gasteiger partial charge in [-0.3, -0.25) is 4.79 Å². The third-order valence-electron chi connectivity index (χ3n) is 2.77. The maximum absolute atomic E-state index is 11.7. The van der Waals surface area contributed by atoms with Crippen molar-refractivity contribution >= 4 is 15.9 Å². The molecule has 0 fully saturated rings. The van der Waals surface area contributed by atoms with Crippen molar-refractivity contribution < 1.29 is 13.2 Å². The topological polar surface area (TPSA) is 89.3 Å². The van der Waals surface area contributed by atoms with E-state index in [-0.39, 0.29) is 16.7 Å².